The standard InChI is InChI=1S/C10H18N2O/c1-11-9(13)12-7-10-4-2-8(6-10)3-5-10/h8H,2-7H2,1H3,(H2,11,12,13). The van der Waals surface area contributed by atoms with Crippen LogP contribution in [0.1, 0.15) is 32.1 Å². The number of carbonyl (C=O) groups is 1. The zero-order valence-corrected chi connectivity index (χ0v) is 8.23. The number of amides is 2. The van der Waals surface area contributed by atoms with Gasteiger partial charge in [0.2, 0.25) is 0 Å². The molecule has 2 N–H and O–H groups in total. The maximum atomic E-state index is 11.0. The van der Waals surface area contributed by atoms with Crippen LogP contribution in [0.4, 0.5) is 4.79 Å². The van der Waals surface area contributed by atoms with Crippen LogP contribution < -0.4 is 10.6 Å². The van der Waals surface area contributed by atoms with Gasteiger partial charge in [-0.1, -0.05) is 0 Å². The fourth-order valence-electron chi connectivity index (χ4n) is 2.92. The molecule has 2 aliphatic rings. The van der Waals surface area contributed by atoms with E-state index in [2.05, 4.69) is 10.6 Å². The van der Waals surface area contributed by atoms with Crippen molar-refractivity contribution in [3.8, 4) is 0 Å². The zero-order valence-electron chi connectivity index (χ0n) is 8.23. The van der Waals surface area contributed by atoms with E-state index in [1.165, 1.54) is 32.1 Å². The van der Waals surface area contributed by atoms with Gasteiger partial charge in [-0.3, -0.25) is 0 Å². The Morgan fingerprint density at radius 1 is 1.46 bits per heavy atom. The van der Waals surface area contributed by atoms with Crippen molar-refractivity contribution in [2.24, 2.45) is 11.3 Å². The lowest BCUT2D eigenvalue weighted by Gasteiger charge is -2.26. The summed E-state index contributed by atoms with van der Waals surface area (Å²) in [6.07, 6.45) is 6.76. The Morgan fingerprint density at radius 2 is 2.15 bits per heavy atom. The second-order valence-corrected chi connectivity index (χ2v) is 4.58. The summed E-state index contributed by atoms with van der Waals surface area (Å²) in [4.78, 5) is 11.0. The molecule has 2 bridgehead atoms. The van der Waals surface area contributed by atoms with Crippen molar-refractivity contribution in [1.29, 1.82) is 0 Å². The number of urea groups is 1. The third-order valence-corrected chi connectivity index (χ3v) is 3.74. The van der Waals surface area contributed by atoms with Crippen molar-refractivity contribution in [3.63, 3.8) is 0 Å². The minimum Gasteiger partial charge on any atom is -0.341 e. The third-order valence-electron chi connectivity index (χ3n) is 3.74. The van der Waals surface area contributed by atoms with Gasteiger partial charge in [0.15, 0.2) is 0 Å². The minimum absolute atomic E-state index is 0.0373. The van der Waals surface area contributed by atoms with Crippen LogP contribution in [-0.4, -0.2) is 19.6 Å². The third kappa shape index (κ3) is 1.64. The quantitative estimate of drug-likeness (QED) is 0.667. The summed E-state index contributed by atoms with van der Waals surface area (Å²) < 4.78 is 0. The summed E-state index contributed by atoms with van der Waals surface area (Å²) in [5.41, 5.74) is 0.469. The van der Waals surface area contributed by atoms with E-state index in [1.807, 2.05) is 0 Å². The molecule has 3 heteroatoms. The topological polar surface area (TPSA) is 41.1 Å². The number of rotatable bonds is 2. The first-order chi connectivity index (χ1) is 6.24. The molecule has 0 aliphatic heterocycles. The Morgan fingerprint density at radius 3 is 2.62 bits per heavy atom. The van der Waals surface area contributed by atoms with Gasteiger partial charge in [-0.15, -0.1) is 0 Å². The largest absolute Gasteiger partial charge is 0.341 e. The Balaban J connectivity index is 1.84. The van der Waals surface area contributed by atoms with E-state index < -0.39 is 0 Å². The van der Waals surface area contributed by atoms with Crippen LogP contribution in [0.5, 0.6) is 0 Å². The SMILES string of the molecule is CNC(=O)NCC12CCC(CC1)C2. The molecule has 2 fully saturated rings. The predicted molar refractivity (Wildman–Crippen MR) is 51.5 cm³/mol. The van der Waals surface area contributed by atoms with Crippen molar-refractivity contribution in [2.75, 3.05) is 13.6 Å². The number of hydrogen-bond acceptors (Lipinski definition) is 1. The average molecular weight is 182 g/mol. The lowest BCUT2D eigenvalue weighted by molar-refractivity contribution is 0.229. The lowest BCUT2D eigenvalue weighted by atomic mass is 9.84. The highest BCUT2D eigenvalue weighted by atomic mass is 16.2. The Labute approximate surface area is 79.3 Å². The Bertz CT molecular complexity index is 207. The van der Waals surface area contributed by atoms with Gasteiger partial charge in [0.25, 0.3) is 0 Å². The minimum atomic E-state index is -0.0373. The summed E-state index contributed by atoms with van der Waals surface area (Å²) in [7, 11) is 1.67. The summed E-state index contributed by atoms with van der Waals surface area (Å²) in [5, 5.41) is 5.54. The zero-order chi connectivity index (χ0) is 9.31. The molecule has 0 radical (unpaired) electrons. The molecule has 0 saturated heterocycles. The van der Waals surface area contributed by atoms with E-state index in [1.54, 1.807) is 7.05 Å². The highest BCUT2D eigenvalue weighted by molar-refractivity contribution is 5.73. The van der Waals surface area contributed by atoms with Crippen molar-refractivity contribution >= 4 is 6.03 Å². The molecule has 2 saturated carbocycles. The van der Waals surface area contributed by atoms with Gasteiger partial charge >= 0.3 is 6.03 Å². The highest BCUT2D eigenvalue weighted by Gasteiger charge is 2.44. The molecule has 0 aromatic rings. The average Bonchev–Trinajstić information content (AvgIpc) is 2.74. The Kier molecular flexibility index (Phi) is 2.18. The molecule has 74 valence electrons. The van der Waals surface area contributed by atoms with Crippen LogP contribution in [0.2, 0.25) is 0 Å². The van der Waals surface area contributed by atoms with E-state index in [4.69, 9.17) is 0 Å². The molecule has 0 aromatic heterocycles. The first-order valence-electron chi connectivity index (χ1n) is 5.20. The van der Waals surface area contributed by atoms with Crippen LogP contribution >= 0.6 is 0 Å². The Hall–Kier alpha value is -0.730. The second kappa shape index (κ2) is 3.20. The molecule has 2 rings (SSSR count). The molecule has 0 atom stereocenters. The molecule has 2 amide bonds. The molecule has 0 unspecified atom stereocenters. The summed E-state index contributed by atoms with van der Waals surface area (Å²) in [5.74, 6) is 0.964. The number of nitrogens with one attached hydrogen (secondary N) is 2. The van der Waals surface area contributed by atoms with Gasteiger partial charge in [0, 0.05) is 13.6 Å². The summed E-state index contributed by atoms with van der Waals surface area (Å²) >= 11 is 0. The fraction of sp³-hybridized carbons (Fsp3) is 0.900. The molecule has 0 heterocycles. The molecule has 13 heavy (non-hydrogen) atoms. The van der Waals surface area contributed by atoms with Crippen LogP contribution in [-0.2, 0) is 0 Å². The predicted octanol–water partition coefficient (Wildman–Crippen LogP) is 1.50. The van der Waals surface area contributed by atoms with Crippen molar-refractivity contribution < 1.29 is 4.79 Å². The monoisotopic (exact) mass is 182 g/mol. The fourth-order valence-corrected chi connectivity index (χ4v) is 2.92. The van der Waals surface area contributed by atoms with Crippen LogP contribution in [0.3, 0.4) is 0 Å². The maximum absolute atomic E-state index is 11.0. The maximum Gasteiger partial charge on any atom is 0.314 e. The highest BCUT2D eigenvalue weighted by Crippen LogP contribution is 2.53. The molecule has 0 aromatic carbocycles. The number of fused-ring (bicyclic) bond motifs is 2. The smallest absolute Gasteiger partial charge is 0.314 e. The van der Waals surface area contributed by atoms with Gasteiger partial charge < -0.3 is 10.6 Å². The second-order valence-electron chi connectivity index (χ2n) is 4.58. The van der Waals surface area contributed by atoms with Crippen LogP contribution in [0.25, 0.3) is 0 Å². The summed E-state index contributed by atoms with van der Waals surface area (Å²) in [6.45, 7) is 0.878. The van der Waals surface area contributed by atoms with Gasteiger partial charge in [-0.05, 0) is 43.4 Å². The van der Waals surface area contributed by atoms with Gasteiger partial charge in [-0.2, -0.15) is 0 Å². The van der Waals surface area contributed by atoms with Gasteiger partial charge in [-0.25, -0.2) is 4.79 Å². The number of carbonyl (C=O) groups excluding carboxylic acids is 1. The molecular formula is C10H18N2O. The van der Waals surface area contributed by atoms with Gasteiger partial charge in [0.1, 0.15) is 0 Å². The molecular weight excluding hydrogens is 164 g/mol. The van der Waals surface area contributed by atoms with Crippen molar-refractivity contribution in [3.05, 3.63) is 0 Å². The molecule has 2 aliphatic carbocycles. The van der Waals surface area contributed by atoms with Crippen LogP contribution in [0, 0.1) is 11.3 Å². The van der Waals surface area contributed by atoms with E-state index in [-0.39, 0.29) is 6.03 Å². The lowest BCUT2D eigenvalue weighted by Crippen LogP contribution is -2.39. The van der Waals surface area contributed by atoms with Gasteiger partial charge in [0.05, 0.1) is 0 Å². The van der Waals surface area contributed by atoms with Crippen molar-refractivity contribution in [1.82, 2.24) is 10.6 Å². The van der Waals surface area contributed by atoms with E-state index in [0.717, 1.165) is 12.5 Å². The van der Waals surface area contributed by atoms with E-state index >= 15 is 0 Å². The normalized spacial score (nSPS) is 36.2. The van der Waals surface area contributed by atoms with E-state index in [9.17, 15) is 4.79 Å². The molecule has 0 spiro atoms. The summed E-state index contributed by atoms with van der Waals surface area (Å²) in [6, 6.07) is -0.0373. The van der Waals surface area contributed by atoms with Crippen molar-refractivity contribution in [2.45, 2.75) is 32.1 Å². The number of hydrogen-bond donors (Lipinski definition) is 2. The first kappa shape index (κ1) is 8.85. The van der Waals surface area contributed by atoms with E-state index in [0.29, 0.717) is 5.41 Å². The van der Waals surface area contributed by atoms with Crippen LogP contribution in [0.15, 0.2) is 0 Å². The first-order valence-corrected chi connectivity index (χ1v) is 5.20. The molecule has 3 nitrogen and oxygen atoms in total.